The molecule has 1 rings (SSSR count). The Labute approximate surface area is 118 Å². The van der Waals surface area contributed by atoms with E-state index >= 15 is 0 Å². The van der Waals surface area contributed by atoms with Crippen LogP contribution in [0.2, 0.25) is 0 Å². The zero-order valence-corrected chi connectivity index (χ0v) is 13.0. The van der Waals surface area contributed by atoms with Crippen molar-refractivity contribution < 1.29 is 9.53 Å². The molecule has 3 nitrogen and oxygen atoms in total. The van der Waals surface area contributed by atoms with Crippen molar-refractivity contribution in [3.63, 3.8) is 0 Å². The van der Waals surface area contributed by atoms with Gasteiger partial charge < -0.3 is 9.64 Å². The molecule has 1 unspecified atom stereocenters. The van der Waals surface area contributed by atoms with Crippen LogP contribution in [0.1, 0.15) is 59.3 Å². The summed E-state index contributed by atoms with van der Waals surface area (Å²) in [5.41, 5.74) is 0. The van der Waals surface area contributed by atoms with Gasteiger partial charge in [0.05, 0.1) is 12.5 Å². The third kappa shape index (κ3) is 5.94. The minimum Gasteiger partial charge on any atom is -0.466 e. The first-order chi connectivity index (χ1) is 9.21. The zero-order valence-electron chi connectivity index (χ0n) is 13.0. The number of nitrogens with zero attached hydrogens (tertiary/aromatic N) is 1. The second kappa shape index (κ2) is 9.35. The zero-order chi connectivity index (χ0) is 14.1. The molecule has 0 bridgehead atoms. The Kier molecular flexibility index (Phi) is 8.11. The number of likely N-dealkylation sites (tertiary alicyclic amines) is 1. The van der Waals surface area contributed by atoms with Crippen LogP contribution in [0.4, 0.5) is 0 Å². The van der Waals surface area contributed by atoms with E-state index in [0.717, 1.165) is 38.4 Å². The van der Waals surface area contributed by atoms with Crippen molar-refractivity contribution >= 4 is 5.97 Å². The van der Waals surface area contributed by atoms with Crippen LogP contribution >= 0.6 is 0 Å². The lowest BCUT2D eigenvalue weighted by Gasteiger charge is -2.33. The second-order valence-corrected chi connectivity index (χ2v) is 5.77. The number of hydrogen-bond acceptors (Lipinski definition) is 3. The van der Waals surface area contributed by atoms with Crippen LogP contribution in [0.3, 0.4) is 0 Å². The molecule has 0 radical (unpaired) electrons. The predicted octanol–water partition coefficient (Wildman–Crippen LogP) is 3.48. The Morgan fingerprint density at radius 1 is 1.37 bits per heavy atom. The first-order valence-corrected chi connectivity index (χ1v) is 8.10. The van der Waals surface area contributed by atoms with Gasteiger partial charge in [0.25, 0.3) is 0 Å². The third-order valence-electron chi connectivity index (χ3n) is 4.19. The fourth-order valence-electron chi connectivity index (χ4n) is 2.96. The van der Waals surface area contributed by atoms with Gasteiger partial charge in [-0.2, -0.15) is 0 Å². The Bertz CT molecular complexity index is 255. The van der Waals surface area contributed by atoms with Crippen LogP contribution in [0.25, 0.3) is 0 Å². The summed E-state index contributed by atoms with van der Waals surface area (Å²) in [5, 5.41) is 0. The summed E-state index contributed by atoms with van der Waals surface area (Å²) in [6.07, 6.45) is 7.32. The molecule has 1 aliphatic heterocycles. The molecule has 2 atom stereocenters. The van der Waals surface area contributed by atoms with Crippen LogP contribution in [-0.2, 0) is 9.53 Å². The molecular formula is C16H31NO2. The van der Waals surface area contributed by atoms with Gasteiger partial charge in [-0.1, -0.05) is 33.1 Å². The minimum atomic E-state index is 0.00815. The average Bonchev–Trinajstić information content (AvgIpc) is 2.44. The molecular weight excluding hydrogens is 238 g/mol. The Hall–Kier alpha value is -0.570. The third-order valence-corrected chi connectivity index (χ3v) is 4.19. The number of piperidine rings is 1. The molecule has 0 aromatic heterocycles. The van der Waals surface area contributed by atoms with E-state index in [-0.39, 0.29) is 11.9 Å². The van der Waals surface area contributed by atoms with E-state index in [2.05, 4.69) is 18.7 Å². The molecule has 1 fully saturated rings. The Morgan fingerprint density at radius 2 is 2.16 bits per heavy atom. The number of esters is 1. The smallest absolute Gasteiger partial charge is 0.310 e. The maximum absolute atomic E-state index is 11.8. The Balaban J connectivity index is 2.38. The summed E-state index contributed by atoms with van der Waals surface area (Å²) in [5.74, 6) is 0.909. The van der Waals surface area contributed by atoms with Crippen molar-refractivity contribution in [1.29, 1.82) is 0 Å². The molecule has 19 heavy (non-hydrogen) atoms. The van der Waals surface area contributed by atoms with Gasteiger partial charge in [-0.15, -0.1) is 0 Å². The highest BCUT2D eigenvalue weighted by Gasteiger charge is 2.27. The highest BCUT2D eigenvalue weighted by atomic mass is 16.5. The summed E-state index contributed by atoms with van der Waals surface area (Å²) in [7, 11) is 0. The highest BCUT2D eigenvalue weighted by molar-refractivity contribution is 5.72. The number of rotatable bonds is 8. The highest BCUT2D eigenvalue weighted by Crippen LogP contribution is 2.21. The number of ether oxygens (including phenoxy) is 1. The number of carbonyl (C=O) groups excluding carboxylic acids is 1. The molecule has 0 N–H and O–H groups in total. The topological polar surface area (TPSA) is 29.5 Å². The van der Waals surface area contributed by atoms with Crippen molar-refractivity contribution in [2.45, 2.75) is 59.3 Å². The molecule has 1 heterocycles. The van der Waals surface area contributed by atoms with Gasteiger partial charge in [-0.05, 0) is 38.6 Å². The van der Waals surface area contributed by atoms with Crippen LogP contribution < -0.4 is 0 Å². The maximum Gasteiger partial charge on any atom is 0.310 e. The fourth-order valence-corrected chi connectivity index (χ4v) is 2.96. The van der Waals surface area contributed by atoms with Gasteiger partial charge in [0.15, 0.2) is 0 Å². The predicted molar refractivity (Wildman–Crippen MR) is 79.1 cm³/mol. The van der Waals surface area contributed by atoms with Crippen LogP contribution in [0.15, 0.2) is 0 Å². The fraction of sp³-hybridized carbons (Fsp3) is 0.938. The van der Waals surface area contributed by atoms with Crippen LogP contribution in [0, 0.1) is 11.8 Å². The van der Waals surface area contributed by atoms with Crippen LogP contribution in [-0.4, -0.2) is 37.1 Å². The van der Waals surface area contributed by atoms with Crippen molar-refractivity contribution in [3.8, 4) is 0 Å². The lowest BCUT2D eigenvalue weighted by Crippen LogP contribution is -2.41. The summed E-state index contributed by atoms with van der Waals surface area (Å²) in [4.78, 5) is 14.3. The first kappa shape index (κ1) is 16.5. The SMILES string of the molecule is CCCCC(CC)CN1CCC[C@H](C(=O)OCC)C1. The molecule has 0 amide bonds. The van der Waals surface area contributed by atoms with Crippen molar-refractivity contribution in [1.82, 2.24) is 4.90 Å². The minimum absolute atomic E-state index is 0.00815. The van der Waals surface area contributed by atoms with Crippen molar-refractivity contribution in [2.75, 3.05) is 26.2 Å². The first-order valence-electron chi connectivity index (χ1n) is 8.10. The second-order valence-electron chi connectivity index (χ2n) is 5.77. The molecule has 0 spiro atoms. The molecule has 1 saturated heterocycles. The van der Waals surface area contributed by atoms with Gasteiger partial charge in [0.1, 0.15) is 0 Å². The van der Waals surface area contributed by atoms with Gasteiger partial charge >= 0.3 is 5.97 Å². The molecule has 0 aliphatic carbocycles. The summed E-state index contributed by atoms with van der Waals surface area (Å²) >= 11 is 0. The Morgan fingerprint density at radius 3 is 2.79 bits per heavy atom. The summed E-state index contributed by atoms with van der Waals surface area (Å²) in [6.45, 7) is 10.1. The molecule has 1 aliphatic rings. The maximum atomic E-state index is 11.8. The van der Waals surface area contributed by atoms with Gasteiger partial charge in [0, 0.05) is 13.1 Å². The van der Waals surface area contributed by atoms with E-state index in [9.17, 15) is 4.79 Å². The quantitative estimate of drug-likeness (QED) is 0.632. The van der Waals surface area contributed by atoms with Gasteiger partial charge in [-0.3, -0.25) is 4.79 Å². The van der Waals surface area contributed by atoms with E-state index in [0.29, 0.717) is 6.61 Å². The van der Waals surface area contributed by atoms with Gasteiger partial charge in [-0.25, -0.2) is 0 Å². The average molecular weight is 269 g/mol. The molecule has 0 aromatic rings. The number of carbonyl (C=O) groups is 1. The van der Waals surface area contributed by atoms with E-state index in [4.69, 9.17) is 4.74 Å². The van der Waals surface area contributed by atoms with E-state index < -0.39 is 0 Å². The molecule has 0 saturated carbocycles. The number of hydrogen-bond donors (Lipinski definition) is 0. The normalized spacial score (nSPS) is 22.2. The molecule has 112 valence electrons. The van der Waals surface area contributed by atoms with Crippen LogP contribution in [0.5, 0.6) is 0 Å². The van der Waals surface area contributed by atoms with E-state index in [1.165, 1.54) is 25.7 Å². The lowest BCUT2D eigenvalue weighted by atomic mass is 9.94. The van der Waals surface area contributed by atoms with Crippen molar-refractivity contribution in [3.05, 3.63) is 0 Å². The summed E-state index contributed by atoms with van der Waals surface area (Å²) < 4.78 is 5.16. The molecule has 0 aromatic carbocycles. The van der Waals surface area contributed by atoms with Crippen molar-refractivity contribution in [2.24, 2.45) is 11.8 Å². The molecule has 3 heteroatoms. The van der Waals surface area contributed by atoms with E-state index in [1.54, 1.807) is 0 Å². The van der Waals surface area contributed by atoms with Gasteiger partial charge in [0.2, 0.25) is 0 Å². The lowest BCUT2D eigenvalue weighted by molar-refractivity contribution is -0.150. The monoisotopic (exact) mass is 269 g/mol. The largest absolute Gasteiger partial charge is 0.466 e. The van der Waals surface area contributed by atoms with E-state index in [1.807, 2.05) is 6.92 Å². The number of unbranched alkanes of at least 4 members (excludes halogenated alkanes) is 1. The summed E-state index contributed by atoms with van der Waals surface area (Å²) in [6, 6.07) is 0. The standard InChI is InChI=1S/C16H31NO2/c1-4-7-9-14(5-2)12-17-11-8-10-15(13-17)16(18)19-6-3/h14-15H,4-13H2,1-3H3/t14?,15-/m0/s1.